The molecule has 1 aromatic carbocycles. The molecular formula is C13H12ClNO4S. The number of carbonyl (C=O) groups excluding carboxylic acids is 1. The third-order valence-electron chi connectivity index (χ3n) is 2.60. The molecular weight excluding hydrogens is 302 g/mol. The quantitative estimate of drug-likeness (QED) is 0.811. The molecule has 0 aliphatic carbocycles. The molecule has 0 aliphatic heterocycles. The number of methoxy groups -OCH3 is 3. The highest BCUT2D eigenvalue weighted by molar-refractivity contribution is 7.17. The third kappa shape index (κ3) is 2.71. The second-order valence-electron chi connectivity index (χ2n) is 3.70. The van der Waals surface area contributed by atoms with Crippen molar-refractivity contribution in [1.29, 1.82) is 0 Å². The summed E-state index contributed by atoms with van der Waals surface area (Å²) in [6, 6.07) is 5.32. The van der Waals surface area contributed by atoms with Crippen LogP contribution in [-0.4, -0.2) is 32.3 Å². The van der Waals surface area contributed by atoms with E-state index in [1.54, 1.807) is 32.4 Å². The topological polar surface area (TPSA) is 57.7 Å². The lowest BCUT2D eigenvalue weighted by molar-refractivity contribution is 0.0606. The predicted molar refractivity (Wildman–Crippen MR) is 77.0 cm³/mol. The molecule has 2 rings (SSSR count). The zero-order valence-electron chi connectivity index (χ0n) is 11.1. The standard InChI is InChI=1S/C13H12ClNO4S/c1-17-7-4-5-8(9(6-7)18-2)12-15-11(14)10(20-12)13(16)19-3/h4-6H,1-3H3. The summed E-state index contributed by atoms with van der Waals surface area (Å²) < 4.78 is 15.1. The Morgan fingerprint density at radius 1 is 1.25 bits per heavy atom. The summed E-state index contributed by atoms with van der Waals surface area (Å²) in [6.45, 7) is 0. The van der Waals surface area contributed by atoms with E-state index in [1.165, 1.54) is 7.11 Å². The van der Waals surface area contributed by atoms with Gasteiger partial charge in [0.05, 0.1) is 26.9 Å². The number of halogens is 1. The number of hydrogen-bond acceptors (Lipinski definition) is 6. The average molecular weight is 314 g/mol. The lowest BCUT2D eigenvalue weighted by Crippen LogP contribution is -1.98. The van der Waals surface area contributed by atoms with Crippen LogP contribution < -0.4 is 9.47 Å². The van der Waals surface area contributed by atoms with Crippen LogP contribution in [0.25, 0.3) is 10.6 Å². The number of esters is 1. The largest absolute Gasteiger partial charge is 0.497 e. The number of aromatic nitrogens is 1. The molecule has 5 nitrogen and oxygen atoms in total. The molecule has 0 unspecified atom stereocenters. The summed E-state index contributed by atoms with van der Waals surface area (Å²) in [5.74, 6) is 0.749. The van der Waals surface area contributed by atoms with Gasteiger partial charge in [0.2, 0.25) is 0 Å². The highest BCUT2D eigenvalue weighted by Gasteiger charge is 2.20. The molecule has 20 heavy (non-hydrogen) atoms. The van der Waals surface area contributed by atoms with Crippen molar-refractivity contribution in [2.45, 2.75) is 0 Å². The van der Waals surface area contributed by atoms with Crippen molar-refractivity contribution in [2.75, 3.05) is 21.3 Å². The van der Waals surface area contributed by atoms with E-state index in [0.29, 0.717) is 16.5 Å². The monoisotopic (exact) mass is 313 g/mol. The molecule has 0 spiro atoms. The first kappa shape index (κ1) is 14.6. The number of rotatable bonds is 4. The van der Waals surface area contributed by atoms with Gasteiger partial charge >= 0.3 is 5.97 Å². The van der Waals surface area contributed by atoms with E-state index in [0.717, 1.165) is 16.9 Å². The minimum atomic E-state index is -0.508. The Bertz CT molecular complexity index is 641. The van der Waals surface area contributed by atoms with Crippen LogP contribution in [-0.2, 0) is 4.74 Å². The summed E-state index contributed by atoms with van der Waals surface area (Å²) in [6.07, 6.45) is 0. The summed E-state index contributed by atoms with van der Waals surface area (Å²) in [5, 5.41) is 0.699. The van der Waals surface area contributed by atoms with Crippen molar-refractivity contribution in [3.8, 4) is 22.1 Å². The Morgan fingerprint density at radius 3 is 2.60 bits per heavy atom. The molecule has 0 fully saturated rings. The van der Waals surface area contributed by atoms with Crippen LogP contribution in [0.3, 0.4) is 0 Å². The van der Waals surface area contributed by atoms with Crippen LogP contribution in [0.2, 0.25) is 5.15 Å². The van der Waals surface area contributed by atoms with Crippen LogP contribution in [0, 0.1) is 0 Å². The molecule has 2 aromatic rings. The number of hydrogen-bond donors (Lipinski definition) is 0. The van der Waals surface area contributed by atoms with Gasteiger partial charge < -0.3 is 14.2 Å². The maximum atomic E-state index is 11.5. The number of carbonyl (C=O) groups is 1. The molecule has 0 saturated carbocycles. The first-order chi connectivity index (χ1) is 9.60. The second kappa shape index (κ2) is 6.11. The highest BCUT2D eigenvalue weighted by atomic mass is 35.5. The smallest absolute Gasteiger partial charge is 0.351 e. The molecule has 0 amide bonds. The fraction of sp³-hybridized carbons (Fsp3) is 0.231. The molecule has 0 N–H and O–H groups in total. The van der Waals surface area contributed by atoms with E-state index < -0.39 is 5.97 Å². The van der Waals surface area contributed by atoms with Crippen molar-refractivity contribution in [3.05, 3.63) is 28.2 Å². The normalized spacial score (nSPS) is 10.2. The van der Waals surface area contributed by atoms with Gasteiger partial charge in [-0.05, 0) is 12.1 Å². The first-order valence-electron chi connectivity index (χ1n) is 5.57. The van der Waals surface area contributed by atoms with Crippen molar-refractivity contribution in [2.24, 2.45) is 0 Å². The average Bonchev–Trinajstić information content (AvgIpc) is 2.87. The molecule has 1 aromatic heterocycles. The van der Waals surface area contributed by atoms with Gasteiger partial charge in [0, 0.05) is 6.07 Å². The van der Waals surface area contributed by atoms with Gasteiger partial charge in [-0.25, -0.2) is 9.78 Å². The molecule has 0 aliphatic rings. The minimum absolute atomic E-state index is 0.120. The van der Waals surface area contributed by atoms with E-state index in [4.69, 9.17) is 21.1 Å². The number of thiazole rings is 1. The van der Waals surface area contributed by atoms with Gasteiger partial charge in [-0.1, -0.05) is 11.6 Å². The fourth-order valence-corrected chi connectivity index (χ4v) is 2.84. The van der Waals surface area contributed by atoms with Crippen molar-refractivity contribution in [3.63, 3.8) is 0 Å². The molecule has 0 saturated heterocycles. The predicted octanol–water partition coefficient (Wildman–Crippen LogP) is 3.27. The number of benzene rings is 1. The van der Waals surface area contributed by atoms with E-state index >= 15 is 0 Å². The van der Waals surface area contributed by atoms with Gasteiger partial charge in [0.1, 0.15) is 16.5 Å². The van der Waals surface area contributed by atoms with Gasteiger partial charge in [-0.3, -0.25) is 0 Å². The SMILES string of the molecule is COC(=O)c1sc(-c2ccc(OC)cc2OC)nc1Cl. The summed E-state index contributed by atoms with van der Waals surface area (Å²) in [5.41, 5.74) is 0.732. The number of ether oxygens (including phenoxy) is 3. The van der Waals surface area contributed by atoms with Crippen LogP contribution in [0.4, 0.5) is 0 Å². The molecule has 0 atom stereocenters. The van der Waals surface area contributed by atoms with Crippen molar-refractivity contribution in [1.82, 2.24) is 4.98 Å². The maximum absolute atomic E-state index is 11.5. The maximum Gasteiger partial charge on any atom is 0.351 e. The van der Waals surface area contributed by atoms with Gasteiger partial charge in [-0.2, -0.15) is 0 Å². The Labute approximate surface area is 125 Å². The van der Waals surface area contributed by atoms with E-state index in [2.05, 4.69) is 9.72 Å². The highest BCUT2D eigenvalue weighted by Crippen LogP contribution is 2.38. The lowest BCUT2D eigenvalue weighted by Gasteiger charge is -2.07. The van der Waals surface area contributed by atoms with Gasteiger partial charge in [-0.15, -0.1) is 11.3 Å². The van der Waals surface area contributed by atoms with Gasteiger partial charge in [0.25, 0.3) is 0 Å². The van der Waals surface area contributed by atoms with Crippen LogP contribution in [0.1, 0.15) is 9.67 Å². The van der Waals surface area contributed by atoms with Crippen molar-refractivity contribution >= 4 is 28.9 Å². The van der Waals surface area contributed by atoms with Crippen LogP contribution in [0.15, 0.2) is 18.2 Å². The Kier molecular flexibility index (Phi) is 4.46. The zero-order valence-corrected chi connectivity index (χ0v) is 12.7. The van der Waals surface area contributed by atoms with Crippen LogP contribution in [0.5, 0.6) is 11.5 Å². The Hall–Kier alpha value is -1.79. The fourth-order valence-electron chi connectivity index (χ4n) is 1.61. The minimum Gasteiger partial charge on any atom is -0.497 e. The van der Waals surface area contributed by atoms with E-state index in [9.17, 15) is 4.79 Å². The summed E-state index contributed by atoms with van der Waals surface area (Å²) >= 11 is 7.11. The Morgan fingerprint density at radius 2 is 2.00 bits per heavy atom. The second-order valence-corrected chi connectivity index (χ2v) is 5.05. The van der Waals surface area contributed by atoms with E-state index in [1.807, 2.05) is 0 Å². The number of nitrogens with zero attached hydrogens (tertiary/aromatic N) is 1. The molecule has 0 radical (unpaired) electrons. The molecule has 7 heteroatoms. The van der Waals surface area contributed by atoms with E-state index in [-0.39, 0.29) is 10.0 Å². The molecule has 106 valence electrons. The summed E-state index contributed by atoms with van der Waals surface area (Å²) in [7, 11) is 4.42. The van der Waals surface area contributed by atoms with Crippen molar-refractivity contribution < 1.29 is 19.0 Å². The van der Waals surface area contributed by atoms with Crippen LogP contribution >= 0.6 is 22.9 Å². The Balaban J connectivity index is 2.49. The first-order valence-corrected chi connectivity index (χ1v) is 6.77. The molecule has 1 heterocycles. The zero-order chi connectivity index (χ0) is 14.7. The lowest BCUT2D eigenvalue weighted by atomic mass is 10.2. The summed E-state index contributed by atoms with van der Waals surface area (Å²) in [4.78, 5) is 16.0. The third-order valence-corrected chi connectivity index (χ3v) is 4.05. The molecule has 0 bridgehead atoms. The van der Waals surface area contributed by atoms with Gasteiger partial charge in [0.15, 0.2) is 10.0 Å².